The number of methoxy groups -OCH3 is 2. The lowest BCUT2D eigenvalue weighted by Gasteiger charge is -2.11. The Labute approximate surface area is 115 Å². The second-order valence-electron chi connectivity index (χ2n) is 3.85. The van der Waals surface area contributed by atoms with Gasteiger partial charge in [-0.05, 0) is 38.5 Å². The van der Waals surface area contributed by atoms with E-state index in [1.807, 2.05) is 13.8 Å². The summed E-state index contributed by atoms with van der Waals surface area (Å²) in [5, 5.41) is 0. The lowest BCUT2D eigenvalue weighted by atomic mass is 10.7. The summed E-state index contributed by atoms with van der Waals surface area (Å²) in [6, 6.07) is 0. The van der Waals surface area contributed by atoms with Gasteiger partial charge in [-0.25, -0.2) is 0 Å². The predicted molar refractivity (Wildman–Crippen MR) is 80.9 cm³/mol. The average Bonchev–Trinajstić information content (AvgIpc) is 2.40. The van der Waals surface area contributed by atoms with Crippen LogP contribution in [0.4, 0.5) is 0 Å². The molecule has 0 aromatic carbocycles. The Morgan fingerprint density at radius 2 is 1.11 bits per heavy atom. The maximum Gasteiger partial charge on any atom is 0.154 e. The van der Waals surface area contributed by atoms with Crippen molar-refractivity contribution in [2.45, 2.75) is 26.4 Å². The quantitative estimate of drug-likeness (QED) is 0.297. The summed E-state index contributed by atoms with van der Waals surface area (Å²) in [5.74, 6) is 0. The van der Waals surface area contributed by atoms with E-state index in [1.54, 1.807) is 14.2 Å². The number of rotatable bonds is 13. The molecule has 0 rings (SSSR count). The second kappa shape index (κ2) is 14.1. The highest BCUT2D eigenvalue weighted by atomic mass is 31.1. The Hall–Kier alpha value is 0.700. The lowest BCUT2D eigenvalue weighted by molar-refractivity contribution is -0.106. The van der Waals surface area contributed by atoms with E-state index in [0.29, 0.717) is 0 Å². The van der Waals surface area contributed by atoms with Crippen LogP contribution in [-0.4, -0.2) is 64.7 Å². The molecule has 4 unspecified atom stereocenters. The third-order valence-corrected chi connectivity index (χ3v) is 5.23. The molecule has 4 atom stereocenters. The lowest BCUT2D eigenvalue weighted by Crippen LogP contribution is -2.12. The van der Waals surface area contributed by atoms with Crippen LogP contribution in [0.2, 0.25) is 0 Å². The maximum absolute atomic E-state index is 5.43. The Balaban J connectivity index is 3.03. The number of ether oxygens (including phenoxy) is 4. The Morgan fingerprint density at radius 3 is 1.44 bits per heavy atom. The van der Waals surface area contributed by atoms with Crippen LogP contribution in [0.3, 0.4) is 0 Å². The highest BCUT2D eigenvalue weighted by Crippen LogP contribution is 2.17. The van der Waals surface area contributed by atoms with Gasteiger partial charge in [0.05, 0.1) is 13.2 Å². The van der Waals surface area contributed by atoms with E-state index in [4.69, 9.17) is 18.9 Å². The molecule has 0 N–H and O–H groups in total. The van der Waals surface area contributed by atoms with Crippen molar-refractivity contribution in [1.29, 1.82) is 0 Å². The van der Waals surface area contributed by atoms with Gasteiger partial charge < -0.3 is 18.9 Å². The first-order valence-corrected chi connectivity index (χ1v) is 9.23. The summed E-state index contributed by atoms with van der Waals surface area (Å²) < 4.78 is 20.9. The molecular weight excluding hydrogens is 270 g/mol. The van der Waals surface area contributed by atoms with Gasteiger partial charge in [-0.2, -0.15) is 0 Å². The van der Waals surface area contributed by atoms with Gasteiger partial charge in [0.25, 0.3) is 0 Å². The molecule has 0 aliphatic rings. The normalized spacial score (nSPS) is 16.0. The molecule has 0 bridgehead atoms. The first kappa shape index (κ1) is 18.7. The summed E-state index contributed by atoms with van der Waals surface area (Å²) in [7, 11) is 5.34. The molecule has 0 saturated heterocycles. The molecule has 0 aliphatic carbocycles. The van der Waals surface area contributed by atoms with Crippen LogP contribution >= 0.6 is 17.2 Å². The summed E-state index contributed by atoms with van der Waals surface area (Å²) in [6.45, 7) is 5.47. The Morgan fingerprint density at radius 1 is 0.722 bits per heavy atom. The van der Waals surface area contributed by atoms with Crippen molar-refractivity contribution >= 4 is 17.2 Å². The van der Waals surface area contributed by atoms with Crippen LogP contribution in [0, 0.1) is 0 Å². The van der Waals surface area contributed by atoms with Gasteiger partial charge in [0.1, 0.15) is 0 Å². The third-order valence-electron chi connectivity index (χ3n) is 2.41. The molecule has 0 amide bonds. The zero-order valence-corrected chi connectivity index (χ0v) is 14.0. The van der Waals surface area contributed by atoms with Crippen molar-refractivity contribution < 1.29 is 18.9 Å². The fourth-order valence-corrected chi connectivity index (χ4v) is 3.60. The van der Waals surface area contributed by atoms with Gasteiger partial charge in [-0.1, -0.05) is 0 Å². The average molecular weight is 298 g/mol. The van der Waals surface area contributed by atoms with Crippen molar-refractivity contribution in [3.63, 3.8) is 0 Å². The van der Waals surface area contributed by atoms with Crippen LogP contribution in [0.15, 0.2) is 0 Å². The molecule has 0 radical (unpaired) electrons. The molecule has 0 aliphatic heterocycles. The highest BCUT2D eigenvalue weighted by molar-refractivity contribution is 7.42. The van der Waals surface area contributed by atoms with Gasteiger partial charge >= 0.3 is 0 Å². The van der Waals surface area contributed by atoms with Gasteiger partial charge in [-0.3, -0.25) is 0 Å². The Bertz CT molecular complexity index is 154. The smallest absolute Gasteiger partial charge is 0.154 e. The molecule has 0 aromatic heterocycles. The summed E-state index contributed by atoms with van der Waals surface area (Å²) in [6.07, 6.45) is 4.77. The van der Waals surface area contributed by atoms with E-state index >= 15 is 0 Å². The SMILES string of the molecule is COC(C)OCCPCCPCCOC(C)OC. The van der Waals surface area contributed by atoms with Crippen molar-refractivity contribution in [1.82, 2.24) is 0 Å². The van der Waals surface area contributed by atoms with E-state index < -0.39 is 0 Å². The van der Waals surface area contributed by atoms with Gasteiger partial charge in [0.2, 0.25) is 0 Å². The number of hydrogen-bond acceptors (Lipinski definition) is 4. The van der Waals surface area contributed by atoms with Crippen molar-refractivity contribution in [3.8, 4) is 0 Å². The molecule has 6 heteroatoms. The highest BCUT2D eigenvalue weighted by Gasteiger charge is 1.99. The first-order valence-electron chi connectivity index (χ1n) is 6.41. The minimum Gasteiger partial charge on any atom is -0.356 e. The zero-order chi connectivity index (χ0) is 13.6. The topological polar surface area (TPSA) is 36.9 Å². The molecule has 0 fully saturated rings. The van der Waals surface area contributed by atoms with Gasteiger partial charge in [0.15, 0.2) is 12.6 Å². The minimum atomic E-state index is -0.0726. The maximum atomic E-state index is 5.43. The molecule has 110 valence electrons. The van der Waals surface area contributed by atoms with E-state index in [1.165, 1.54) is 12.3 Å². The monoisotopic (exact) mass is 298 g/mol. The van der Waals surface area contributed by atoms with Crippen LogP contribution in [0.5, 0.6) is 0 Å². The van der Waals surface area contributed by atoms with Crippen molar-refractivity contribution in [2.75, 3.05) is 52.1 Å². The van der Waals surface area contributed by atoms with E-state index in [-0.39, 0.29) is 12.6 Å². The fourth-order valence-electron chi connectivity index (χ4n) is 1.16. The molecular formula is C12H28O4P2. The van der Waals surface area contributed by atoms with Crippen molar-refractivity contribution in [3.05, 3.63) is 0 Å². The first-order chi connectivity index (χ1) is 8.70. The zero-order valence-electron chi connectivity index (χ0n) is 12.0. The van der Waals surface area contributed by atoms with E-state index in [2.05, 4.69) is 0 Å². The summed E-state index contributed by atoms with van der Waals surface area (Å²) in [5.41, 5.74) is 0. The fraction of sp³-hybridized carbons (Fsp3) is 1.00. The van der Waals surface area contributed by atoms with Crippen LogP contribution in [0.25, 0.3) is 0 Å². The standard InChI is InChI=1S/C12H28O4P2/c1-11(13-3)15-5-7-17-9-10-18-8-6-16-12(2)14-4/h11-12,17-18H,5-10H2,1-4H3. The summed E-state index contributed by atoms with van der Waals surface area (Å²) in [4.78, 5) is 0. The molecule has 0 aromatic rings. The molecule has 18 heavy (non-hydrogen) atoms. The molecule has 0 spiro atoms. The molecule has 4 nitrogen and oxygen atoms in total. The van der Waals surface area contributed by atoms with E-state index in [0.717, 1.165) is 42.7 Å². The minimum absolute atomic E-state index is 0.0726. The van der Waals surface area contributed by atoms with Crippen LogP contribution in [-0.2, 0) is 18.9 Å². The van der Waals surface area contributed by atoms with Gasteiger partial charge in [0, 0.05) is 14.2 Å². The largest absolute Gasteiger partial charge is 0.356 e. The summed E-state index contributed by atoms with van der Waals surface area (Å²) >= 11 is 0. The number of hydrogen-bond donors (Lipinski definition) is 0. The second-order valence-corrected chi connectivity index (χ2v) is 6.85. The Kier molecular flexibility index (Phi) is 14.7. The third kappa shape index (κ3) is 13.1. The molecule has 0 saturated carbocycles. The van der Waals surface area contributed by atoms with Gasteiger partial charge in [-0.15, -0.1) is 17.2 Å². The van der Waals surface area contributed by atoms with Crippen molar-refractivity contribution in [2.24, 2.45) is 0 Å². The van der Waals surface area contributed by atoms with Crippen LogP contribution in [0.1, 0.15) is 13.8 Å². The molecule has 0 heterocycles. The van der Waals surface area contributed by atoms with Crippen LogP contribution < -0.4 is 0 Å². The predicted octanol–water partition coefficient (Wildman–Crippen LogP) is 2.36. The van der Waals surface area contributed by atoms with E-state index in [9.17, 15) is 0 Å².